The largest absolute Gasteiger partial charge is 0.394 e. The van der Waals surface area contributed by atoms with Crippen molar-refractivity contribution in [3.63, 3.8) is 0 Å². The maximum atomic E-state index is 12.3. The molecule has 1 heterocycles. The van der Waals surface area contributed by atoms with Crippen LogP contribution in [0.3, 0.4) is 0 Å². The average molecular weight is 332 g/mol. The summed E-state index contributed by atoms with van der Waals surface area (Å²) in [7, 11) is 0. The predicted molar refractivity (Wildman–Crippen MR) is 95.9 cm³/mol. The summed E-state index contributed by atoms with van der Waals surface area (Å²) in [5, 5.41) is 14.6. The van der Waals surface area contributed by atoms with Crippen LogP contribution in [0.15, 0.2) is 41.8 Å². The molecule has 2 aromatic rings. The minimum atomic E-state index is -0.0633. The van der Waals surface area contributed by atoms with Crippen LogP contribution in [0.5, 0.6) is 0 Å². The van der Waals surface area contributed by atoms with Gasteiger partial charge in [0.15, 0.2) is 0 Å². The minimum absolute atomic E-state index is 0.0305. The van der Waals surface area contributed by atoms with Crippen LogP contribution in [-0.2, 0) is 11.3 Å². The Bertz CT molecular complexity index is 608. The van der Waals surface area contributed by atoms with E-state index < -0.39 is 0 Å². The van der Waals surface area contributed by atoms with E-state index in [1.807, 2.05) is 54.5 Å². The summed E-state index contributed by atoms with van der Waals surface area (Å²) in [6.45, 7) is 4.90. The van der Waals surface area contributed by atoms with Gasteiger partial charge in [0.2, 0.25) is 5.91 Å². The Kier molecular flexibility index (Phi) is 6.62. The molecule has 1 aromatic heterocycles. The number of amides is 1. The number of carbonyl (C=O) groups is 1. The lowest BCUT2D eigenvalue weighted by Gasteiger charge is -2.31. The fourth-order valence-electron chi connectivity index (χ4n) is 2.47. The van der Waals surface area contributed by atoms with Gasteiger partial charge in [-0.15, -0.1) is 11.3 Å². The van der Waals surface area contributed by atoms with Crippen LogP contribution in [0.2, 0.25) is 0 Å². The normalized spacial score (nSPS) is 12.0. The van der Waals surface area contributed by atoms with Gasteiger partial charge in [-0.3, -0.25) is 4.79 Å². The molecule has 5 heteroatoms. The third-order valence-corrected chi connectivity index (χ3v) is 4.96. The summed E-state index contributed by atoms with van der Waals surface area (Å²) >= 11 is 1.65. The van der Waals surface area contributed by atoms with Crippen molar-refractivity contribution < 1.29 is 9.90 Å². The first kappa shape index (κ1) is 17.5. The molecule has 0 aliphatic carbocycles. The highest BCUT2D eigenvalue weighted by Gasteiger charge is 2.19. The van der Waals surface area contributed by atoms with Gasteiger partial charge < -0.3 is 15.3 Å². The Morgan fingerprint density at radius 1 is 1.30 bits per heavy atom. The molecule has 0 aliphatic heterocycles. The standard InChI is InChI=1S/C18H24N2O2S/c1-3-15(13-21)20(16-7-5-4-6-8-16)12-18(22)19-11-17-14(2)9-10-23-17/h4-10,15,21H,3,11-13H2,1-2H3,(H,19,22). The van der Waals surface area contributed by atoms with E-state index in [9.17, 15) is 9.90 Å². The number of benzene rings is 1. The number of nitrogens with zero attached hydrogens (tertiary/aromatic N) is 1. The zero-order valence-corrected chi connectivity index (χ0v) is 14.5. The molecule has 1 aromatic carbocycles. The smallest absolute Gasteiger partial charge is 0.239 e. The first-order valence-corrected chi connectivity index (χ1v) is 8.75. The molecule has 4 nitrogen and oxygen atoms in total. The Hall–Kier alpha value is -1.85. The van der Waals surface area contributed by atoms with Crippen LogP contribution < -0.4 is 10.2 Å². The molecule has 2 N–H and O–H groups in total. The number of carbonyl (C=O) groups excluding carboxylic acids is 1. The van der Waals surface area contributed by atoms with Gasteiger partial charge in [-0.05, 0) is 42.5 Å². The molecule has 1 amide bonds. The molecule has 0 saturated heterocycles. The molecule has 124 valence electrons. The Morgan fingerprint density at radius 2 is 2.04 bits per heavy atom. The number of aliphatic hydroxyl groups excluding tert-OH is 1. The molecule has 23 heavy (non-hydrogen) atoms. The fraction of sp³-hybridized carbons (Fsp3) is 0.389. The topological polar surface area (TPSA) is 52.6 Å². The summed E-state index contributed by atoms with van der Waals surface area (Å²) in [6, 6.07) is 11.8. The van der Waals surface area contributed by atoms with E-state index in [4.69, 9.17) is 0 Å². The molecule has 1 atom stereocenters. The van der Waals surface area contributed by atoms with Gasteiger partial charge in [-0.25, -0.2) is 0 Å². The van der Waals surface area contributed by atoms with E-state index in [0.29, 0.717) is 6.54 Å². The first-order chi connectivity index (χ1) is 11.2. The van der Waals surface area contributed by atoms with Crippen LogP contribution in [-0.4, -0.2) is 30.2 Å². The van der Waals surface area contributed by atoms with Crippen molar-refractivity contribution in [2.75, 3.05) is 18.1 Å². The Labute approximate surface area is 141 Å². The van der Waals surface area contributed by atoms with Crippen molar-refractivity contribution in [1.29, 1.82) is 0 Å². The van der Waals surface area contributed by atoms with E-state index >= 15 is 0 Å². The molecule has 0 radical (unpaired) electrons. The molecule has 0 bridgehead atoms. The van der Waals surface area contributed by atoms with Crippen LogP contribution in [0.4, 0.5) is 5.69 Å². The summed E-state index contributed by atoms with van der Waals surface area (Å²) < 4.78 is 0. The lowest BCUT2D eigenvalue weighted by Crippen LogP contribution is -2.44. The lowest BCUT2D eigenvalue weighted by molar-refractivity contribution is -0.120. The zero-order valence-electron chi connectivity index (χ0n) is 13.7. The highest BCUT2D eigenvalue weighted by atomic mass is 32.1. The van der Waals surface area contributed by atoms with Gasteiger partial charge >= 0.3 is 0 Å². The van der Waals surface area contributed by atoms with Crippen LogP contribution in [0.25, 0.3) is 0 Å². The molecule has 0 spiro atoms. The van der Waals surface area contributed by atoms with E-state index in [1.165, 1.54) is 10.4 Å². The number of anilines is 1. The quantitative estimate of drug-likeness (QED) is 0.781. The third-order valence-electron chi connectivity index (χ3n) is 3.94. The predicted octanol–water partition coefficient (Wildman–Crippen LogP) is 2.95. The maximum Gasteiger partial charge on any atom is 0.239 e. The summed E-state index contributed by atoms with van der Waals surface area (Å²) in [5.41, 5.74) is 2.16. The molecular weight excluding hydrogens is 308 g/mol. The lowest BCUT2D eigenvalue weighted by atomic mass is 10.1. The number of thiophene rings is 1. The molecule has 0 aliphatic rings. The Morgan fingerprint density at radius 3 is 2.61 bits per heavy atom. The number of hydrogen-bond donors (Lipinski definition) is 2. The summed E-state index contributed by atoms with van der Waals surface area (Å²) in [5.74, 6) is -0.0337. The first-order valence-electron chi connectivity index (χ1n) is 7.88. The van der Waals surface area contributed by atoms with E-state index in [2.05, 4.69) is 11.4 Å². The number of aryl methyl sites for hydroxylation is 1. The molecular formula is C18H24N2O2S. The average Bonchev–Trinajstić information content (AvgIpc) is 2.99. The second-order valence-corrected chi connectivity index (χ2v) is 6.51. The SMILES string of the molecule is CCC(CO)N(CC(=O)NCc1sccc1C)c1ccccc1. The van der Waals surface area contributed by atoms with Crippen molar-refractivity contribution in [2.45, 2.75) is 32.9 Å². The number of aliphatic hydroxyl groups is 1. The maximum absolute atomic E-state index is 12.3. The monoisotopic (exact) mass is 332 g/mol. The second kappa shape index (κ2) is 8.70. The van der Waals surface area contributed by atoms with Gasteiger partial charge in [-0.2, -0.15) is 0 Å². The Balaban J connectivity index is 2.02. The van der Waals surface area contributed by atoms with E-state index in [0.717, 1.165) is 12.1 Å². The molecule has 0 saturated carbocycles. The van der Waals surface area contributed by atoms with Crippen molar-refractivity contribution >= 4 is 22.9 Å². The third kappa shape index (κ3) is 4.81. The number of para-hydroxylation sites is 1. The number of hydrogen-bond acceptors (Lipinski definition) is 4. The van der Waals surface area contributed by atoms with Gasteiger partial charge in [-0.1, -0.05) is 25.1 Å². The van der Waals surface area contributed by atoms with Gasteiger partial charge in [0, 0.05) is 10.6 Å². The molecule has 0 fully saturated rings. The summed E-state index contributed by atoms with van der Waals surface area (Å²) in [6.07, 6.45) is 0.780. The number of nitrogens with one attached hydrogen (secondary N) is 1. The zero-order chi connectivity index (χ0) is 16.7. The van der Waals surface area contributed by atoms with Crippen molar-refractivity contribution in [2.24, 2.45) is 0 Å². The molecule has 1 unspecified atom stereocenters. The number of rotatable bonds is 8. The molecule has 2 rings (SSSR count). The van der Waals surface area contributed by atoms with Crippen molar-refractivity contribution in [3.05, 3.63) is 52.2 Å². The van der Waals surface area contributed by atoms with Gasteiger partial charge in [0.1, 0.15) is 0 Å². The van der Waals surface area contributed by atoms with Crippen LogP contribution in [0, 0.1) is 6.92 Å². The van der Waals surface area contributed by atoms with Crippen molar-refractivity contribution in [1.82, 2.24) is 5.32 Å². The highest BCUT2D eigenvalue weighted by Crippen LogP contribution is 2.18. The van der Waals surface area contributed by atoms with E-state index in [-0.39, 0.29) is 25.1 Å². The van der Waals surface area contributed by atoms with Crippen LogP contribution >= 0.6 is 11.3 Å². The minimum Gasteiger partial charge on any atom is -0.394 e. The van der Waals surface area contributed by atoms with E-state index in [1.54, 1.807) is 11.3 Å². The second-order valence-electron chi connectivity index (χ2n) is 5.51. The highest BCUT2D eigenvalue weighted by molar-refractivity contribution is 7.10. The van der Waals surface area contributed by atoms with Crippen LogP contribution in [0.1, 0.15) is 23.8 Å². The van der Waals surface area contributed by atoms with Crippen molar-refractivity contribution in [3.8, 4) is 0 Å². The summed E-state index contributed by atoms with van der Waals surface area (Å²) in [4.78, 5) is 15.5. The van der Waals surface area contributed by atoms with Gasteiger partial charge in [0.25, 0.3) is 0 Å². The van der Waals surface area contributed by atoms with Gasteiger partial charge in [0.05, 0.1) is 25.7 Å². The fourth-order valence-corrected chi connectivity index (χ4v) is 3.32.